The number of hydrogen-bond acceptors (Lipinski definition) is 3. The molecule has 17 heavy (non-hydrogen) atoms. The monoisotopic (exact) mass is 265 g/mol. The van der Waals surface area contributed by atoms with E-state index >= 15 is 0 Å². The Morgan fingerprint density at radius 3 is 2.65 bits per heavy atom. The Morgan fingerprint density at radius 1 is 1.41 bits per heavy atom. The van der Waals surface area contributed by atoms with Crippen LogP contribution in [0.2, 0.25) is 0 Å². The van der Waals surface area contributed by atoms with Gasteiger partial charge in [0.15, 0.2) is 0 Å². The highest BCUT2D eigenvalue weighted by atomic mass is 35.5. The smallest absolute Gasteiger partial charge is 0.420 e. The summed E-state index contributed by atoms with van der Waals surface area (Å²) in [6.07, 6.45) is -3.42. The van der Waals surface area contributed by atoms with Crippen LogP contribution in [-0.2, 0) is 11.0 Å². The molecule has 0 unspecified atom stereocenters. The quantitative estimate of drug-likeness (QED) is 0.476. The number of aliphatic imine (C=N–C) groups is 1. The van der Waals surface area contributed by atoms with Crippen molar-refractivity contribution in [1.82, 2.24) is 0 Å². The van der Waals surface area contributed by atoms with Crippen molar-refractivity contribution in [1.29, 1.82) is 0 Å². The predicted molar refractivity (Wildman–Crippen MR) is 55.4 cm³/mol. The molecule has 92 valence electrons. The van der Waals surface area contributed by atoms with E-state index in [0.29, 0.717) is 6.07 Å². The van der Waals surface area contributed by atoms with Gasteiger partial charge in [0.1, 0.15) is 12.4 Å². The van der Waals surface area contributed by atoms with Gasteiger partial charge in [0, 0.05) is 0 Å². The zero-order chi connectivity index (χ0) is 12.9. The van der Waals surface area contributed by atoms with Crippen LogP contribution >= 0.6 is 11.6 Å². The summed E-state index contributed by atoms with van der Waals surface area (Å²) in [5, 5.41) is 0. The number of halogens is 4. The average Bonchev–Trinajstić information content (AvgIpc) is 2.26. The third-order valence-corrected chi connectivity index (χ3v) is 1.93. The van der Waals surface area contributed by atoms with Crippen LogP contribution in [0.4, 0.5) is 18.9 Å². The topological polar surface area (TPSA) is 38.7 Å². The minimum absolute atomic E-state index is 0.0407. The Morgan fingerprint density at radius 2 is 2.12 bits per heavy atom. The highest BCUT2D eigenvalue weighted by Crippen LogP contribution is 2.38. The Labute approximate surface area is 99.9 Å². The maximum absolute atomic E-state index is 12.6. The number of ether oxygens (including phenoxy) is 1. The van der Waals surface area contributed by atoms with Gasteiger partial charge in [-0.3, -0.25) is 0 Å². The fraction of sp³-hybridized carbons (Fsp3) is 0.300. The molecule has 1 aromatic carbocycles. The number of carbonyl (C=O) groups excluding carboxylic acids is 1. The van der Waals surface area contributed by atoms with E-state index in [9.17, 15) is 18.0 Å². The van der Waals surface area contributed by atoms with E-state index < -0.39 is 11.7 Å². The van der Waals surface area contributed by atoms with E-state index in [0.717, 1.165) is 6.07 Å². The van der Waals surface area contributed by atoms with Gasteiger partial charge in [0.25, 0.3) is 0 Å². The molecule has 1 aromatic rings. The van der Waals surface area contributed by atoms with Gasteiger partial charge in [-0.05, 0) is 18.2 Å². The van der Waals surface area contributed by atoms with Gasteiger partial charge in [-0.1, -0.05) is 0 Å². The fourth-order valence-corrected chi connectivity index (χ4v) is 1.21. The minimum Gasteiger partial charge on any atom is -0.492 e. The van der Waals surface area contributed by atoms with Crippen molar-refractivity contribution in [2.24, 2.45) is 4.99 Å². The van der Waals surface area contributed by atoms with Crippen molar-refractivity contribution in [3.8, 4) is 5.75 Å². The number of hydrogen-bond donors (Lipinski definition) is 0. The first-order valence-electron chi connectivity index (χ1n) is 4.47. The van der Waals surface area contributed by atoms with Crippen LogP contribution < -0.4 is 4.74 Å². The summed E-state index contributed by atoms with van der Waals surface area (Å²) in [5.74, 6) is -0.270. The summed E-state index contributed by atoms with van der Waals surface area (Å²) in [4.78, 5) is 13.1. The lowest BCUT2D eigenvalue weighted by Crippen LogP contribution is -2.09. The molecular formula is C10H7ClF3NO2. The molecule has 0 saturated heterocycles. The summed E-state index contributed by atoms with van der Waals surface area (Å²) in [6.45, 7) is -0.0407. The van der Waals surface area contributed by atoms with Crippen LogP contribution in [0.25, 0.3) is 0 Å². The molecule has 3 nitrogen and oxygen atoms in total. The zero-order valence-electron chi connectivity index (χ0n) is 8.42. The molecule has 0 fully saturated rings. The zero-order valence-corrected chi connectivity index (χ0v) is 9.18. The molecule has 1 rings (SSSR count). The van der Waals surface area contributed by atoms with E-state index in [-0.39, 0.29) is 23.9 Å². The van der Waals surface area contributed by atoms with Crippen molar-refractivity contribution >= 4 is 23.4 Å². The Bertz CT molecular complexity index is 442. The molecule has 0 spiro atoms. The molecule has 7 heteroatoms. The van der Waals surface area contributed by atoms with Crippen molar-refractivity contribution in [2.75, 3.05) is 12.5 Å². The third kappa shape index (κ3) is 3.76. The van der Waals surface area contributed by atoms with Crippen LogP contribution in [0.1, 0.15) is 5.56 Å². The first kappa shape index (κ1) is 13.5. The molecule has 0 heterocycles. The standard InChI is InChI=1S/C10H7ClF3NO2/c11-3-4-17-9-2-1-7(15-6-16)5-8(9)10(12,13)14/h1-2,5H,3-4H2. The summed E-state index contributed by atoms with van der Waals surface area (Å²) < 4.78 is 42.8. The second-order valence-electron chi connectivity index (χ2n) is 2.92. The van der Waals surface area contributed by atoms with Crippen LogP contribution in [0.5, 0.6) is 5.75 Å². The molecule has 0 aliphatic rings. The lowest BCUT2D eigenvalue weighted by Gasteiger charge is -2.13. The average molecular weight is 266 g/mol. The second-order valence-corrected chi connectivity index (χ2v) is 3.30. The van der Waals surface area contributed by atoms with Gasteiger partial charge in [-0.15, -0.1) is 11.6 Å². The number of benzene rings is 1. The van der Waals surface area contributed by atoms with Gasteiger partial charge in [-0.2, -0.15) is 18.2 Å². The van der Waals surface area contributed by atoms with Crippen LogP contribution in [0.3, 0.4) is 0 Å². The number of nitrogens with zero attached hydrogens (tertiary/aromatic N) is 1. The number of isocyanates is 1. The molecule has 0 aromatic heterocycles. The summed E-state index contributed by atoms with van der Waals surface area (Å²) in [5.41, 5.74) is -1.13. The minimum atomic E-state index is -4.59. The lowest BCUT2D eigenvalue weighted by atomic mass is 10.1. The Balaban J connectivity index is 3.16. The highest BCUT2D eigenvalue weighted by molar-refractivity contribution is 6.18. The fourth-order valence-electron chi connectivity index (χ4n) is 1.14. The molecule has 0 N–H and O–H groups in total. The largest absolute Gasteiger partial charge is 0.492 e. The van der Waals surface area contributed by atoms with Gasteiger partial charge in [0.05, 0.1) is 17.1 Å². The SMILES string of the molecule is O=C=Nc1ccc(OCCCl)c(C(F)(F)F)c1. The van der Waals surface area contributed by atoms with Crippen LogP contribution in [0, 0.1) is 0 Å². The van der Waals surface area contributed by atoms with Crippen molar-refractivity contribution in [3.05, 3.63) is 23.8 Å². The molecular weight excluding hydrogens is 259 g/mol. The van der Waals surface area contributed by atoms with Crippen molar-refractivity contribution < 1.29 is 22.7 Å². The Hall–Kier alpha value is -1.52. The van der Waals surface area contributed by atoms with E-state index in [1.54, 1.807) is 0 Å². The van der Waals surface area contributed by atoms with Crippen LogP contribution in [0.15, 0.2) is 23.2 Å². The molecule has 0 bridgehead atoms. The number of alkyl halides is 4. The second kappa shape index (κ2) is 5.70. The lowest BCUT2D eigenvalue weighted by molar-refractivity contribution is -0.138. The first-order valence-corrected chi connectivity index (χ1v) is 5.00. The number of rotatable bonds is 4. The van der Waals surface area contributed by atoms with Crippen LogP contribution in [-0.4, -0.2) is 18.6 Å². The molecule has 0 saturated carbocycles. The Kier molecular flexibility index (Phi) is 4.54. The van der Waals surface area contributed by atoms with Gasteiger partial charge < -0.3 is 4.74 Å². The van der Waals surface area contributed by atoms with E-state index in [1.807, 2.05) is 0 Å². The van der Waals surface area contributed by atoms with Gasteiger partial charge in [-0.25, -0.2) is 4.79 Å². The summed E-state index contributed by atoms with van der Waals surface area (Å²) in [7, 11) is 0. The van der Waals surface area contributed by atoms with E-state index in [1.165, 1.54) is 12.1 Å². The molecule has 0 aliphatic heterocycles. The normalized spacial score (nSPS) is 10.8. The highest BCUT2D eigenvalue weighted by Gasteiger charge is 2.34. The molecule has 0 aliphatic carbocycles. The predicted octanol–water partition coefficient (Wildman–Crippen LogP) is 3.29. The first-order chi connectivity index (χ1) is 7.99. The van der Waals surface area contributed by atoms with Gasteiger partial charge in [0.2, 0.25) is 6.08 Å². The molecule has 0 atom stereocenters. The third-order valence-electron chi connectivity index (χ3n) is 1.78. The summed E-state index contributed by atoms with van der Waals surface area (Å²) in [6, 6.07) is 3.03. The maximum atomic E-state index is 12.6. The molecule has 0 radical (unpaired) electrons. The summed E-state index contributed by atoms with van der Waals surface area (Å²) >= 11 is 5.32. The van der Waals surface area contributed by atoms with E-state index in [4.69, 9.17) is 16.3 Å². The van der Waals surface area contributed by atoms with Crippen molar-refractivity contribution in [2.45, 2.75) is 6.18 Å². The maximum Gasteiger partial charge on any atom is 0.420 e. The van der Waals surface area contributed by atoms with E-state index in [2.05, 4.69) is 4.99 Å². The molecule has 0 amide bonds. The van der Waals surface area contributed by atoms with Crippen molar-refractivity contribution in [3.63, 3.8) is 0 Å². The van der Waals surface area contributed by atoms with Gasteiger partial charge >= 0.3 is 6.18 Å².